The van der Waals surface area contributed by atoms with Gasteiger partial charge < -0.3 is 5.11 Å². The molecular formula is C14H11N3O2S. The third-order valence-corrected chi connectivity index (χ3v) is 3.67. The molecule has 0 fully saturated rings. The van der Waals surface area contributed by atoms with Gasteiger partial charge in [0, 0.05) is 23.0 Å². The van der Waals surface area contributed by atoms with Crippen molar-refractivity contribution in [2.45, 2.75) is 23.8 Å². The van der Waals surface area contributed by atoms with Gasteiger partial charge in [-0.3, -0.25) is 4.98 Å². The number of aromatic carboxylic acids is 1. The van der Waals surface area contributed by atoms with Gasteiger partial charge in [-0.2, -0.15) is 5.26 Å². The third-order valence-electron chi connectivity index (χ3n) is 2.64. The maximum absolute atomic E-state index is 11.4. The summed E-state index contributed by atoms with van der Waals surface area (Å²) >= 11 is 1.15. The highest BCUT2D eigenvalue weighted by atomic mass is 32.2. The number of carboxylic acids is 1. The van der Waals surface area contributed by atoms with Crippen LogP contribution in [0, 0.1) is 25.2 Å². The Balaban J connectivity index is 2.54. The van der Waals surface area contributed by atoms with E-state index in [1.807, 2.05) is 0 Å². The van der Waals surface area contributed by atoms with E-state index in [0.717, 1.165) is 17.5 Å². The van der Waals surface area contributed by atoms with Crippen LogP contribution in [0.3, 0.4) is 0 Å². The summed E-state index contributed by atoms with van der Waals surface area (Å²) in [5.74, 6) is -1.03. The number of carbonyl (C=O) groups is 1. The first kappa shape index (κ1) is 14.0. The molecular weight excluding hydrogens is 274 g/mol. The Bertz CT molecular complexity index is 723. The molecule has 6 heteroatoms. The third kappa shape index (κ3) is 2.78. The molecule has 2 aromatic heterocycles. The number of aromatic nitrogens is 2. The van der Waals surface area contributed by atoms with Gasteiger partial charge in [0.2, 0.25) is 0 Å². The summed E-state index contributed by atoms with van der Waals surface area (Å²) in [6, 6.07) is 5.37. The first-order valence-corrected chi connectivity index (χ1v) is 6.58. The van der Waals surface area contributed by atoms with Crippen LogP contribution in [0.2, 0.25) is 0 Å². The van der Waals surface area contributed by atoms with Crippen LogP contribution in [0.1, 0.15) is 27.2 Å². The zero-order valence-electron chi connectivity index (χ0n) is 10.9. The van der Waals surface area contributed by atoms with E-state index in [2.05, 4.69) is 16.0 Å². The topological polar surface area (TPSA) is 86.9 Å². The van der Waals surface area contributed by atoms with Crippen LogP contribution in [0.4, 0.5) is 0 Å². The van der Waals surface area contributed by atoms with E-state index < -0.39 is 5.97 Å². The lowest BCUT2D eigenvalue weighted by molar-refractivity contribution is 0.0691. The van der Waals surface area contributed by atoms with Crippen molar-refractivity contribution in [2.75, 3.05) is 0 Å². The zero-order chi connectivity index (χ0) is 14.7. The Labute approximate surface area is 120 Å². The fourth-order valence-electron chi connectivity index (χ4n) is 1.79. The molecule has 0 aliphatic heterocycles. The van der Waals surface area contributed by atoms with Gasteiger partial charge in [-0.25, -0.2) is 9.78 Å². The second-order valence-electron chi connectivity index (χ2n) is 4.15. The molecule has 1 N–H and O–H groups in total. The standard InChI is InChI=1S/C14H11N3O2S/c1-8-5-9(2)17-13(12(8)14(18)19)20-11-7-16-4-3-10(11)6-15/h3-5,7H,1-2H3,(H,18,19). The summed E-state index contributed by atoms with van der Waals surface area (Å²) < 4.78 is 0. The van der Waals surface area contributed by atoms with E-state index in [1.54, 1.807) is 26.0 Å². The Kier molecular flexibility index (Phi) is 4.01. The lowest BCUT2D eigenvalue weighted by atomic mass is 10.1. The van der Waals surface area contributed by atoms with Gasteiger partial charge >= 0.3 is 5.97 Å². The van der Waals surface area contributed by atoms with Crippen LogP contribution in [0.15, 0.2) is 34.4 Å². The summed E-state index contributed by atoms with van der Waals surface area (Å²) in [7, 11) is 0. The van der Waals surface area contributed by atoms with E-state index in [1.165, 1.54) is 12.4 Å². The maximum Gasteiger partial charge on any atom is 0.338 e. The average molecular weight is 285 g/mol. The molecule has 5 nitrogen and oxygen atoms in total. The normalized spacial score (nSPS) is 10.1. The van der Waals surface area contributed by atoms with Crippen molar-refractivity contribution in [3.8, 4) is 6.07 Å². The molecule has 20 heavy (non-hydrogen) atoms. The molecule has 0 saturated heterocycles. The van der Waals surface area contributed by atoms with Gasteiger partial charge in [-0.05, 0) is 31.5 Å². The Hall–Kier alpha value is -2.39. The number of nitriles is 1. The van der Waals surface area contributed by atoms with Crippen molar-refractivity contribution in [3.05, 3.63) is 46.9 Å². The largest absolute Gasteiger partial charge is 0.478 e. The number of carboxylic acid groups (broad SMARTS) is 1. The van der Waals surface area contributed by atoms with Crippen molar-refractivity contribution >= 4 is 17.7 Å². The van der Waals surface area contributed by atoms with E-state index in [0.29, 0.717) is 21.0 Å². The molecule has 0 amide bonds. The van der Waals surface area contributed by atoms with E-state index in [9.17, 15) is 9.90 Å². The summed E-state index contributed by atoms with van der Waals surface area (Å²) in [5, 5.41) is 18.7. The van der Waals surface area contributed by atoms with Gasteiger partial charge in [-0.1, -0.05) is 11.8 Å². The van der Waals surface area contributed by atoms with Crippen LogP contribution in [0.25, 0.3) is 0 Å². The van der Waals surface area contributed by atoms with Crippen LogP contribution < -0.4 is 0 Å². The quantitative estimate of drug-likeness (QED) is 0.933. The minimum absolute atomic E-state index is 0.161. The minimum Gasteiger partial charge on any atom is -0.478 e. The molecule has 0 unspecified atom stereocenters. The van der Waals surface area contributed by atoms with Crippen molar-refractivity contribution in [2.24, 2.45) is 0 Å². The summed E-state index contributed by atoms with van der Waals surface area (Å²) in [6.45, 7) is 3.54. The van der Waals surface area contributed by atoms with Crippen molar-refractivity contribution < 1.29 is 9.90 Å². The predicted molar refractivity (Wildman–Crippen MR) is 73.7 cm³/mol. The number of hydrogen-bond acceptors (Lipinski definition) is 5. The van der Waals surface area contributed by atoms with E-state index in [-0.39, 0.29) is 5.56 Å². The molecule has 0 saturated carbocycles. The molecule has 2 heterocycles. The number of aryl methyl sites for hydroxylation is 2. The fraction of sp³-hybridized carbons (Fsp3) is 0.143. The van der Waals surface area contributed by atoms with Crippen LogP contribution in [0.5, 0.6) is 0 Å². The van der Waals surface area contributed by atoms with Crippen molar-refractivity contribution in [1.29, 1.82) is 5.26 Å². The van der Waals surface area contributed by atoms with Crippen LogP contribution >= 0.6 is 11.8 Å². The van der Waals surface area contributed by atoms with Crippen molar-refractivity contribution in [3.63, 3.8) is 0 Å². The molecule has 0 atom stereocenters. The molecule has 100 valence electrons. The monoisotopic (exact) mass is 285 g/mol. The summed E-state index contributed by atoms with van der Waals surface area (Å²) in [5.41, 5.74) is 1.99. The predicted octanol–water partition coefficient (Wildman–Crippen LogP) is 2.81. The fourth-order valence-corrected chi connectivity index (χ4v) is 2.88. The molecule has 2 aromatic rings. The summed E-state index contributed by atoms with van der Waals surface area (Å²) in [6.07, 6.45) is 3.06. The van der Waals surface area contributed by atoms with Crippen LogP contribution in [-0.4, -0.2) is 21.0 Å². The molecule has 0 bridgehead atoms. The number of nitrogens with zero attached hydrogens (tertiary/aromatic N) is 3. The Morgan fingerprint density at radius 2 is 2.20 bits per heavy atom. The van der Waals surface area contributed by atoms with Gasteiger partial charge in [-0.15, -0.1) is 0 Å². The van der Waals surface area contributed by atoms with Gasteiger partial charge in [0.25, 0.3) is 0 Å². The highest BCUT2D eigenvalue weighted by Crippen LogP contribution is 2.32. The lowest BCUT2D eigenvalue weighted by Gasteiger charge is -2.09. The second-order valence-corrected chi connectivity index (χ2v) is 5.18. The average Bonchev–Trinajstić information content (AvgIpc) is 2.38. The number of rotatable bonds is 3. The SMILES string of the molecule is Cc1cc(C)c(C(=O)O)c(Sc2cnccc2C#N)n1. The van der Waals surface area contributed by atoms with Gasteiger partial charge in [0.15, 0.2) is 0 Å². The molecule has 0 spiro atoms. The Morgan fingerprint density at radius 1 is 1.45 bits per heavy atom. The lowest BCUT2D eigenvalue weighted by Crippen LogP contribution is -2.05. The van der Waals surface area contributed by atoms with Crippen molar-refractivity contribution in [1.82, 2.24) is 9.97 Å². The Morgan fingerprint density at radius 3 is 2.85 bits per heavy atom. The van der Waals surface area contributed by atoms with Gasteiger partial charge in [0.1, 0.15) is 11.1 Å². The molecule has 2 rings (SSSR count). The number of pyridine rings is 2. The molecule has 0 radical (unpaired) electrons. The first-order chi connectivity index (χ1) is 9.52. The molecule has 0 aromatic carbocycles. The second kappa shape index (κ2) is 5.72. The van der Waals surface area contributed by atoms with Gasteiger partial charge in [0.05, 0.1) is 11.1 Å². The molecule has 0 aliphatic rings. The minimum atomic E-state index is -1.03. The van der Waals surface area contributed by atoms with E-state index in [4.69, 9.17) is 5.26 Å². The summed E-state index contributed by atoms with van der Waals surface area (Å²) in [4.78, 5) is 20.2. The highest BCUT2D eigenvalue weighted by molar-refractivity contribution is 7.99. The zero-order valence-corrected chi connectivity index (χ0v) is 11.7. The van der Waals surface area contributed by atoms with E-state index >= 15 is 0 Å². The highest BCUT2D eigenvalue weighted by Gasteiger charge is 2.18. The first-order valence-electron chi connectivity index (χ1n) is 5.76. The molecule has 0 aliphatic carbocycles. The number of hydrogen-bond donors (Lipinski definition) is 1. The maximum atomic E-state index is 11.4. The van der Waals surface area contributed by atoms with Crippen LogP contribution in [-0.2, 0) is 0 Å². The smallest absolute Gasteiger partial charge is 0.338 e.